The third-order valence-electron chi connectivity index (χ3n) is 4.91. The summed E-state index contributed by atoms with van der Waals surface area (Å²) in [5, 5.41) is 12.6. The number of rotatable bonds is 7. The topological polar surface area (TPSA) is 58.6 Å². The van der Waals surface area contributed by atoms with Crippen LogP contribution in [0.2, 0.25) is 0 Å². The van der Waals surface area contributed by atoms with Gasteiger partial charge in [-0.2, -0.15) is 0 Å². The van der Waals surface area contributed by atoms with Gasteiger partial charge in [0.05, 0.1) is 18.2 Å². The smallest absolute Gasteiger partial charge is 0.223 e. The van der Waals surface area contributed by atoms with Crippen LogP contribution in [-0.2, 0) is 16.0 Å². The van der Waals surface area contributed by atoms with Gasteiger partial charge in [-0.3, -0.25) is 4.79 Å². The largest absolute Gasteiger partial charge is 0.393 e. The Morgan fingerprint density at radius 3 is 2.65 bits per heavy atom. The summed E-state index contributed by atoms with van der Waals surface area (Å²) >= 11 is 0. The van der Waals surface area contributed by atoms with Crippen LogP contribution in [-0.4, -0.2) is 35.9 Å². The molecular weight excluding hydrogens is 290 g/mol. The number of carbonyl (C=O) groups excluding carboxylic acids is 1. The van der Waals surface area contributed by atoms with Crippen LogP contribution in [0, 0.1) is 5.92 Å². The van der Waals surface area contributed by atoms with Crippen molar-refractivity contribution in [1.82, 2.24) is 5.32 Å². The molecule has 4 heteroatoms. The van der Waals surface area contributed by atoms with E-state index in [0.717, 1.165) is 51.6 Å². The summed E-state index contributed by atoms with van der Waals surface area (Å²) in [5.74, 6) is 0.231. The second-order valence-electron chi connectivity index (χ2n) is 6.85. The molecule has 1 amide bonds. The van der Waals surface area contributed by atoms with Crippen molar-refractivity contribution in [2.75, 3.05) is 6.61 Å². The summed E-state index contributed by atoms with van der Waals surface area (Å²) in [4.78, 5) is 12.2. The summed E-state index contributed by atoms with van der Waals surface area (Å²) in [6.07, 6.45) is 6.10. The number of amides is 1. The van der Waals surface area contributed by atoms with Gasteiger partial charge in [-0.15, -0.1) is 0 Å². The SMILES string of the molecule is O=C(NC1CC1OCCCc1ccccc1)C1CCC(O)CC1. The Morgan fingerprint density at radius 2 is 1.91 bits per heavy atom. The number of nitrogens with one attached hydrogen (secondary N) is 1. The fourth-order valence-corrected chi connectivity index (χ4v) is 3.30. The summed E-state index contributed by atoms with van der Waals surface area (Å²) < 4.78 is 5.84. The van der Waals surface area contributed by atoms with Crippen molar-refractivity contribution in [1.29, 1.82) is 0 Å². The van der Waals surface area contributed by atoms with Crippen LogP contribution in [0.15, 0.2) is 30.3 Å². The monoisotopic (exact) mass is 317 g/mol. The molecule has 3 rings (SSSR count). The molecule has 1 aromatic carbocycles. The van der Waals surface area contributed by atoms with Crippen LogP contribution in [0.1, 0.15) is 44.1 Å². The number of aliphatic hydroxyl groups excluding tert-OH is 1. The van der Waals surface area contributed by atoms with E-state index in [1.54, 1.807) is 0 Å². The Kier molecular flexibility index (Phi) is 5.68. The molecule has 23 heavy (non-hydrogen) atoms. The molecule has 0 bridgehead atoms. The number of ether oxygens (including phenoxy) is 1. The van der Waals surface area contributed by atoms with Gasteiger partial charge in [0.15, 0.2) is 0 Å². The van der Waals surface area contributed by atoms with Gasteiger partial charge >= 0.3 is 0 Å². The molecule has 2 fully saturated rings. The average Bonchev–Trinajstić information content (AvgIpc) is 3.31. The predicted octanol–water partition coefficient (Wildman–Crippen LogP) is 2.44. The molecule has 0 saturated heterocycles. The van der Waals surface area contributed by atoms with Crippen molar-refractivity contribution in [3.05, 3.63) is 35.9 Å². The molecule has 2 saturated carbocycles. The van der Waals surface area contributed by atoms with Gasteiger partial charge in [-0.05, 0) is 50.5 Å². The van der Waals surface area contributed by atoms with Crippen molar-refractivity contribution in [2.24, 2.45) is 5.92 Å². The van der Waals surface area contributed by atoms with E-state index in [1.807, 2.05) is 6.07 Å². The van der Waals surface area contributed by atoms with E-state index in [9.17, 15) is 9.90 Å². The Balaban J connectivity index is 1.27. The maximum Gasteiger partial charge on any atom is 0.223 e. The second-order valence-corrected chi connectivity index (χ2v) is 6.85. The first-order valence-electron chi connectivity index (χ1n) is 8.86. The third-order valence-corrected chi connectivity index (χ3v) is 4.91. The van der Waals surface area contributed by atoms with Gasteiger partial charge in [0, 0.05) is 12.5 Å². The lowest BCUT2D eigenvalue weighted by atomic mass is 9.87. The van der Waals surface area contributed by atoms with Gasteiger partial charge in [0.1, 0.15) is 0 Å². The average molecular weight is 317 g/mol. The predicted molar refractivity (Wildman–Crippen MR) is 89.0 cm³/mol. The molecular formula is C19H27NO3. The molecule has 0 heterocycles. The highest BCUT2D eigenvalue weighted by Gasteiger charge is 2.40. The van der Waals surface area contributed by atoms with Crippen molar-refractivity contribution in [3.8, 4) is 0 Å². The van der Waals surface area contributed by atoms with Crippen molar-refractivity contribution >= 4 is 5.91 Å². The summed E-state index contributed by atoms with van der Waals surface area (Å²) in [6.45, 7) is 0.752. The zero-order chi connectivity index (χ0) is 16.1. The molecule has 2 atom stereocenters. The van der Waals surface area contributed by atoms with Gasteiger partial charge in [-0.25, -0.2) is 0 Å². The summed E-state index contributed by atoms with van der Waals surface area (Å²) in [5.41, 5.74) is 1.34. The lowest BCUT2D eigenvalue weighted by molar-refractivity contribution is -0.126. The highest BCUT2D eigenvalue weighted by Crippen LogP contribution is 2.29. The lowest BCUT2D eigenvalue weighted by Crippen LogP contribution is -2.36. The van der Waals surface area contributed by atoms with Gasteiger partial charge in [0.2, 0.25) is 5.91 Å². The highest BCUT2D eigenvalue weighted by atomic mass is 16.5. The summed E-state index contributed by atoms with van der Waals surface area (Å²) in [7, 11) is 0. The fraction of sp³-hybridized carbons (Fsp3) is 0.632. The Hall–Kier alpha value is -1.39. The van der Waals surface area contributed by atoms with Crippen LogP contribution < -0.4 is 5.32 Å². The number of aryl methyl sites for hydroxylation is 1. The molecule has 2 unspecified atom stereocenters. The minimum Gasteiger partial charge on any atom is -0.393 e. The standard InChI is InChI=1S/C19H27NO3/c21-16-10-8-15(9-11-16)19(22)20-17-13-18(17)23-12-4-7-14-5-2-1-3-6-14/h1-3,5-6,15-18,21H,4,7-13H2,(H,20,22). The Labute approximate surface area is 138 Å². The molecule has 4 nitrogen and oxygen atoms in total. The second kappa shape index (κ2) is 7.93. The molecule has 2 aliphatic rings. The van der Waals surface area contributed by atoms with E-state index in [0.29, 0.717) is 0 Å². The van der Waals surface area contributed by atoms with E-state index in [2.05, 4.69) is 29.6 Å². The molecule has 0 aliphatic heterocycles. The van der Waals surface area contributed by atoms with Crippen LogP contribution in [0.4, 0.5) is 0 Å². The van der Waals surface area contributed by atoms with Crippen molar-refractivity contribution < 1.29 is 14.6 Å². The zero-order valence-corrected chi connectivity index (χ0v) is 13.6. The van der Waals surface area contributed by atoms with Crippen LogP contribution in [0.5, 0.6) is 0 Å². The number of aliphatic hydroxyl groups is 1. The number of benzene rings is 1. The van der Waals surface area contributed by atoms with E-state index in [1.165, 1.54) is 5.56 Å². The van der Waals surface area contributed by atoms with Gasteiger partial charge < -0.3 is 15.2 Å². The molecule has 0 spiro atoms. The van der Waals surface area contributed by atoms with Crippen molar-refractivity contribution in [2.45, 2.75) is 63.2 Å². The number of hydrogen-bond acceptors (Lipinski definition) is 3. The molecule has 0 radical (unpaired) electrons. The minimum absolute atomic E-state index is 0.0812. The summed E-state index contributed by atoms with van der Waals surface area (Å²) in [6, 6.07) is 10.6. The highest BCUT2D eigenvalue weighted by molar-refractivity contribution is 5.79. The maximum atomic E-state index is 12.2. The lowest BCUT2D eigenvalue weighted by Gasteiger charge is -2.24. The molecule has 2 N–H and O–H groups in total. The Bertz CT molecular complexity index is 497. The Morgan fingerprint density at radius 1 is 1.17 bits per heavy atom. The van der Waals surface area contributed by atoms with Gasteiger partial charge in [0.25, 0.3) is 0 Å². The minimum atomic E-state index is -0.208. The molecule has 0 aromatic heterocycles. The van der Waals surface area contributed by atoms with E-state index in [4.69, 9.17) is 4.74 Å². The van der Waals surface area contributed by atoms with Crippen molar-refractivity contribution in [3.63, 3.8) is 0 Å². The molecule has 1 aromatic rings. The molecule has 2 aliphatic carbocycles. The quantitative estimate of drug-likeness (QED) is 0.760. The van der Waals surface area contributed by atoms with Gasteiger partial charge in [-0.1, -0.05) is 30.3 Å². The number of carbonyl (C=O) groups is 1. The first-order chi connectivity index (χ1) is 11.2. The zero-order valence-electron chi connectivity index (χ0n) is 13.6. The molecule has 126 valence electrons. The first-order valence-corrected chi connectivity index (χ1v) is 8.86. The van der Waals surface area contributed by atoms with Crippen LogP contribution in [0.25, 0.3) is 0 Å². The van der Waals surface area contributed by atoms with E-state index < -0.39 is 0 Å². The third kappa shape index (κ3) is 5.05. The van der Waals surface area contributed by atoms with Crippen LogP contribution >= 0.6 is 0 Å². The maximum absolute atomic E-state index is 12.2. The van der Waals surface area contributed by atoms with E-state index >= 15 is 0 Å². The first kappa shape index (κ1) is 16.5. The number of hydrogen-bond donors (Lipinski definition) is 2. The van der Waals surface area contributed by atoms with Crippen LogP contribution in [0.3, 0.4) is 0 Å². The fourth-order valence-electron chi connectivity index (χ4n) is 3.30. The van der Waals surface area contributed by atoms with E-state index in [-0.39, 0.29) is 30.1 Å². The normalized spacial score (nSPS) is 30.0.